The Morgan fingerprint density at radius 3 is 2.26 bits per heavy atom. The average Bonchev–Trinajstić information content (AvgIpc) is 2.85. The number of nitrogens with one attached hydrogen (secondary N) is 1. The third-order valence-electron chi connectivity index (χ3n) is 4.93. The molecule has 10 nitrogen and oxygen atoms in total. The second-order valence-electron chi connectivity index (χ2n) is 7.27. The Bertz CT molecular complexity index is 1430. The number of hydrogen-bond acceptors (Lipinski definition) is 7. The predicted octanol–water partition coefficient (Wildman–Crippen LogP) is 3.15. The van der Waals surface area contributed by atoms with Crippen molar-refractivity contribution in [3.63, 3.8) is 0 Å². The lowest BCUT2D eigenvalue weighted by molar-refractivity contribution is -0.384. The van der Waals surface area contributed by atoms with Gasteiger partial charge in [0.1, 0.15) is 0 Å². The van der Waals surface area contributed by atoms with Crippen molar-refractivity contribution in [3.8, 4) is 0 Å². The largest absolute Gasteiger partial charge is 0.451 e. The van der Waals surface area contributed by atoms with E-state index in [2.05, 4.69) is 10.4 Å². The molecule has 0 aliphatic heterocycles. The van der Waals surface area contributed by atoms with Gasteiger partial charge in [-0.15, -0.1) is 0 Å². The van der Waals surface area contributed by atoms with Crippen LogP contribution in [0.25, 0.3) is 10.8 Å². The maximum Gasteiger partial charge on any atom is 0.359 e. The van der Waals surface area contributed by atoms with Gasteiger partial charge in [0, 0.05) is 23.2 Å². The molecule has 4 aromatic rings. The summed E-state index contributed by atoms with van der Waals surface area (Å²) >= 11 is 0. The minimum Gasteiger partial charge on any atom is -0.451 e. The van der Waals surface area contributed by atoms with Crippen LogP contribution in [-0.2, 0) is 16.1 Å². The molecular formula is C24H18N4O6. The SMILES string of the molecule is O=C(COC(=O)c1nn(Cc2ccccc2)c(=O)c2ccccc12)Nc1ccc([N+](=O)[O-])cc1. The van der Waals surface area contributed by atoms with Gasteiger partial charge in [-0.2, -0.15) is 5.10 Å². The summed E-state index contributed by atoms with van der Waals surface area (Å²) < 4.78 is 6.33. The van der Waals surface area contributed by atoms with Crippen LogP contribution in [0.2, 0.25) is 0 Å². The van der Waals surface area contributed by atoms with Crippen LogP contribution < -0.4 is 10.9 Å². The molecule has 0 radical (unpaired) electrons. The standard InChI is InChI=1S/C24H18N4O6/c29-21(25-17-10-12-18(13-11-17)28(32)33)15-34-24(31)22-19-8-4-5-9-20(19)23(30)27(26-22)14-16-6-2-1-3-7-16/h1-13H,14-15H2,(H,25,29). The molecule has 0 fully saturated rings. The number of ether oxygens (including phenoxy) is 1. The normalized spacial score (nSPS) is 10.6. The molecule has 0 aliphatic carbocycles. The second-order valence-corrected chi connectivity index (χ2v) is 7.27. The van der Waals surface area contributed by atoms with E-state index < -0.39 is 23.4 Å². The van der Waals surface area contributed by atoms with Crippen LogP contribution in [0.4, 0.5) is 11.4 Å². The highest BCUT2D eigenvalue weighted by molar-refractivity contribution is 6.03. The van der Waals surface area contributed by atoms with E-state index in [1.165, 1.54) is 28.9 Å². The highest BCUT2D eigenvalue weighted by Gasteiger charge is 2.19. The highest BCUT2D eigenvalue weighted by atomic mass is 16.6. The van der Waals surface area contributed by atoms with E-state index in [4.69, 9.17) is 4.74 Å². The average molecular weight is 458 g/mol. The van der Waals surface area contributed by atoms with E-state index in [1.54, 1.807) is 24.3 Å². The Kier molecular flexibility index (Phi) is 6.40. The molecular weight excluding hydrogens is 440 g/mol. The summed E-state index contributed by atoms with van der Waals surface area (Å²) in [5, 5.41) is 18.0. The second kappa shape index (κ2) is 9.74. The number of carbonyl (C=O) groups is 2. The quantitative estimate of drug-likeness (QED) is 0.255. The molecule has 4 rings (SSSR count). The van der Waals surface area contributed by atoms with Gasteiger partial charge in [-0.25, -0.2) is 9.48 Å². The van der Waals surface area contributed by atoms with E-state index >= 15 is 0 Å². The molecule has 0 saturated heterocycles. The summed E-state index contributed by atoms with van der Waals surface area (Å²) in [6.45, 7) is -0.449. The van der Waals surface area contributed by atoms with E-state index in [9.17, 15) is 24.5 Å². The van der Waals surface area contributed by atoms with Crippen molar-refractivity contribution in [2.45, 2.75) is 6.54 Å². The first-order chi connectivity index (χ1) is 16.4. The van der Waals surface area contributed by atoms with Crippen molar-refractivity contribution in [2.75, 3.05) is 11.9 Å². The monoisotopic (exact) mass is 458 g/mol. The van der Waals surface area contributed by atoms with Gasteiger partial charge in [0.2, 0.25) is 0 Å². The lowest BCUT2D eigenvalue weighted by atomic mass is 10.1. The fraction of sp³-hybridized carbons (Fsp3) is 0.0833. The van der Waals surface area contributed by atoms with Crippen molar-refractivity contribution in [1.29, 1.82) is 0 Å². The van der Waals surface area contributed by atoms with Gasteiger partial charge >= 0.3 is 5.97 Å². The van der Waals surface area contributed by atoms with Gasteiger partial charge in [0.15, 0.2) is 12.3 Å². The number of nitrogens with zero attached hydrogens (tertiary/aromatic N) is 3. The van der Waals surface area contributed by atoms with Gasteiger partial charge in [-0.3, -0.25) is 19.7 Å². The lowest BCUT2D eigenvalue weighted by Gasteiger charge is -2.11. The van der Waals surface area contributed by atoms with Crippen molar-refractivity contribution in [3.05, 3.63) is 111 Å². The van der Waals surface area contributed by atoms with Crippen LogP contribution in [0.5, 0.6) is 0 Å². The number of esters is 1. The number of nitro benzene ring substituents is 1. The zero-order valence-corrected chi connectivity index (χ0v) is 17.7. The number of nitro groups is 1. The number of benzene rings is 3. The lowest BCUT2D eigenvalue weighted by Crippen LogP contribution is -2.28. The summed E-state index contributed by atoms with van der Waals surface area (Å²) in [4.78, 5) is 48.0. The van der Waals surface area contributed by atoms with Crippen molar-refractivity contribution >= 4 is 34.0 Å². The molecule has 34 heavy (non-hydrogen) atoms. The summed E-state index contributed by atoms with van der Waals surface area (Å²) in [5.41, 5.74) is 0.579. The third-order valence-corrected chi connectivity index (χ3v) is 4.93. The minimum atomic E-state index is -0.864. The molecule has 0 spiro atoms. The van der Waals surface area contributed by atoms with E-state index in [0.717, 1.165) is 5.56 Å². The summed E-state index contributed by atoms with van der Waals surface area (Å²) in [7, 11) is 0. The van der Waals surface area contributed by atoms with Crippen molar-refractivity contribution in [2.24, 2.45) is 0 Å². The Morgan fingerprint density at radius 2 is 1.59 bits per heavy atom. The summed E-state index contributed by atoms with van der Waals surface area (Å²) in [5.74, 6) is -1.50. The van der Waals surface area contributed by atoms with Gasteiger partial charge in [-0.1, -0.05) is 48.5 Å². The zero-order valence-electron chi connectivity index (χ0n) is 17.7. The first kappa shape index (κ1) is 22.3. The molecule has 0 saturated carbocycles. The van der Waals surface area contributed by atoms with Gasteiger partial charge in [0.05, 0.1) is 16.9 Å². The molecule has 170 valence electrons. The molecule has 3 aromatic carbocycles. The molecule has 1 heterocycles. The topological polar surface area (TPSA) is 133 Å². The number of hydrogen-bond donors (Lipinski definition) is 1. The van der Waals surface area contributed by atoms with E-state index in [1.807, 2.05) is 30.3 Å². The van der Waals surface area contributed by atoms with Crippen LogP contribution in [0, 0.1) is 10.1 Å². The predicted molar refractivity (Wildman–Crippen MR) is 124 cm³/mol. The molecule has 0 aliphatic rings. The smallest absolute Gasteiger partial charge is 0.359 e. The Balaban J connectivity index is 1.52. The first-order valence-electron chi connectivity index (χ1n) is 10.2. The fourth-order valence-electron chi connectivity index (χ4n) is 3.31. The van der Waals surface area contributed by atoms with Gasteiger partial charge < -0.3 is 10.1 Å². The number of carbonyl (C=O) groups excluding carboxylic acids is 2. The zero-order chi connectivity index (χ0) is 24.1. The molecule has 0 bridgehead atoms. The molecule has 1 aromatic heterocycles. The van der Waals surface area contributed by atoms with E-state index in [0.29, 0.717) is 16.5 Å². The maximum absolute atomic E-state index is 12.9. The van der Waals surface area contributed by atoms with Gasteiger partial charge in [0.25, 0.3) is 17.2 Å². The van der Waals surface area contributed by atoms with Gasteiger partial charge in [-0.05, 0) is 23.8 Å². The number of rotatable bonds is 7. The number of fused-ring (bicyclic) bond motifs is 1. The van der Waals surface area contributed by atoms with Crippen LogP contribution in [-0.4, -0.2) is 33.2 Å². The number of amides is 1. The van der Waals surface area contributed by atoms with E-state index in [-0.39, 0.29) is 23.5 Å². The number of anilines is 1. The summed E-state index contributed by atoms with van der Waals surface area (Å²) in [6.07, 6.45) is 0. The maximum atomic E-state index is 12.9. The summed E-state index contributed by atoms with van der Waals surface area (Å²) in [6, 6.07) is 21.0. The van der Waals surface area contributed by atoms with Crippen LogP contribution >= 0.6 is 0 Å². The van der Waals surface area contributed by atoms with Crippen LogP contribution in [0.1, 0.15) is 16.1 Å². The Morgan fingerprint density at radius 1 is 0.941 bits per heavy atom. The fourth-order valence-corrected chi connectivity index (χ4v) is 3.31. The Hall–Kier alpha value is -4.86. The molecule has 0 unspecified atom stereocenters. The van der Waals surface area contributed by atoms with Crippen molar-refractivity contribution < 1.29 is 19.2 Å². The Labute approximate surface area is 192 Å². The highest BCUT2D eigenvalue weighted by Crippen LogP contribution is 2.17. The molecule has 1 N–H and O–H groups in total. The number of non-ortho nitro benzene ring substituents is 1. The first-order valence-corrected chi connectivity index (χ1v) is 10.2. The molecule has 0 atom stereocenters. The van der Waals surface area contributed by atoms with Crippen LogP contribution in [0.15, 0.2) is 83.7 Å². The van der Waals surface area contributed by atoms with Crippen molar-refractivity contribution in [1.82, 2.24) is 9.78 Å². The minimum absolute atomic E-state index is 0.0886. The molecule has 10 heteroatoms. The van der Waals surface area contributed by atoms with Crippen LogP contribution in [0.3, 0.4) is 0 Å². The molecule has 1 amide bonds. The number of aromatic nitrogens is 2. The third kappa shape index (κ3) is 4.96.